The van der Waals surface area contributed by atoms with Crippen molar-refractivity contribution in [3.8, 4) is 11.1 Å². The van der Waals surface area contributed by atoms with Gasteiger partial charge in [-0.25, -0.2) is 9.97 Å². The number of benzene rings is 1. The van der Waals surface area contributed by atoms with Gasteiger partial charge in [0.15, 0.2) is 5.78 Å². The first-order valence-corrected chi connectivity index (χ1v) is 10.8. The van der Waals surface area contributed by atoms with Crippen LogP contribution in [0.25, 0.3) is 11.1 Å². The second-order valence-electron chi connectivity index (χ2n) is 7.96. The van der Waals surface area contributed by atoms with Gasteiger partial charge in [-0.1, -0.05) is 45.0 Å². The van der Waals surface area contributed by atoms with Crippen molar-refractivity contribution in [3.05, 3.63) is 71.6 Å². The van der Waals surface area contributed by atoms with Crippen LogP contribution in [0, 0.1) is 12.8 Å². The first-order chi connectivity index (χ1) is 15.4. The highest BCUT2D eigenvalue weighted by atomic mass is 16.2. The number of pyridine rings is 1. The van der Waals surface area contributed by atoms with E-state index in [0.717, 1.165) is 23.2 Å². The fourth-order valence-electron chi connectivity index (χ4n) is 3.23. The van der Waals surface area contributed by atoms with Crippen LogP contribution >= 0.6 is 0 Å². The zero-order valence-electron chi connectivity index (χ0n) is 19.0. The largest absolute Gasteiger partial charge is 0.323 e. The van der Waals surface area contributed by atoms with Crippen molar-refractivity contribution < 1.29 is 12.4 Å². The predicted octanol–water partition coefficient (Wildman–Crippen LogP) is 4.47. The van der Waals surface area contributed by atoms with E-state index in [1.807, 2.05) is 45.0 Å². The van der Waals surface area contributed by atoms with E-state index >= 15 is 0 Å². The number of nitrogens with one attached hydrogen (secondary N) is 2. The molecule has 7 nitrogen and oxygen atoms in total. The fraction of sp³-hybridized carbons (Fsp3) is 0.320. The number of hydrogen-bond donors (Lipinski definition) is 2. The van der Waals surface area contributed by atoms with E-state index in [1.165, 1.54) is 5.56 Å². The van der Waals surface area contributed by atoms with Crippen LogP contribution < -0.4 is 10.6 Å². The lowest BCUT2D eigenvalue weighted by Crippen LogP contribution is -2.29. The average Bonchev–Trinajstić information content (AvgIpc) is 2.78. The number of Topliss-reactive ketones (excluding diaryl/α,β-unsaturated/α-hetero) is 1. The van der Waals surface area contributed by atoms with Crippen LogP contribution in [0.1, 0.15) is 51.2 Å². The van der Waals surface area contributed by atoms with Crippen LogP contribution in [0.3, 0.4) is 0 Å². The zero-order chi connectivity index (χ0) is 23.1. The van der Waals surface area contributed by atoms with Gasteiger partial charge in [0.05, 0.1) is 18.8 Å². The summed E-state index contributed by atoms with van der Waals surface area (Å²) in [5.74, 6) is 0.00366. The summed E-state index contributed by atoms with van der Waals surface area (Å²) in [6.45, 7) is 8.05. The van der Waals surface area contributed by atoms with E-state index in [1.54, 1.807) is 12.4 Å². The predicted molar refractivity (Wildman–Crippen MR) is 130 cm³/mol. The molecule has 2 N–H and O–H groups in total. The molecule has 2 heterocycles. The van der Waals surface area contributed by atoms with Crippen LogP contribution in [0.15, 0.2) is 48.8 Å². The SMILES string of the molecule is CCc1cccc(-c2cnc(C(=O)C(C)C)c(NC(=O)CNCc3nccc(C)n3)c2)c1.[HH].[HH]. The second-order valence-corrected chi connectivity index (χ2v) is 7.96. The molecule has 0 saturated carbocycles. The number of ketones is 1. The Hall–Kier alpha value is -3.45. The number of carbonyl (C=O) groups excluding carboxylic acids is 2. The minimum absolute atomic E-state index is 0. The monoisotopic (exact) mass is 435 g/mol. The normalized spacial score (nSPS) is 10.9. The van der Waals surface area contributed by atoms with Gasteiger partial charge < -0.3 is 10.6 Å². The number of rotatable bonds is 9. The molecule has 3 rings (SSSR count). The van der Waals surface area contributed by atoms with Crippen LogP contribution in [-0.4, -0.2) is 33.2 Å². The molecule has 3 aromatic rings. The Balaban J connectivity index is 0.00000289. The summed E-state index contributed by atoms with van der Waals surface area (Å²) in [4.78, 5) is 38.2. The van der Waals surface area contributed by atoms with Gasteiger partial charge in [-0.2, -0.15) is 0 Å². The first-order valence-electron chi connectivity index (χ1n) is 10.8. The maximum atomic E-state index is 12.7. The Morgan fingerprint density at radius 2 is 1.91 bits per heavy atom. The molecule has 32 heavy (non-hydrogen) atoms. The Bertz CT molecular complexity index is 1120. The van der Waals surface area contributed by atoms with Gasteiger partial charge in [0, 0.05) is 32.4 Å². The summed E-state index contributed by atoms with van der Waals surface area (Å²) >= 11 is 0. The van der Waals surface area contributed by atoms with Gasteiger partial charge in [-0.05, 0) is 36.6 Å². The van der Waals surface area contributed by atoms with Gasteiger partial charge in [-0.15, -0.1) is 0 Å². The smallest absolute Gasteiger partial charge is 0.238 e. The fourth-order valence-corrected chi connectivity index (χ4v) is 3.23. The van der Waals surface area contributed by atoms with Crippen LogP contribution in [0.4, 0.5) is 5.69 Å². The summed E-state index contributed by atoms with van der Waals surface area (Å²) in [5, 5.41) is 5.90. The molecular weight excluding hydrogens is 402 g/mol. The maximum Gasteiger partial charge on any atom is 0.238 e. The molecule has 0 saturated heterocycles. The summed E-state index contributed by atoms with van der Waals surface area (Å²) in [5.41, 5.74) is 4.60. The molecule has 0 unspecified atom stereocenters. The van der Waals surface area contributed by atoms with Crippen molar-refractivity contribution in [2.45, 2.75) is 40.7 Å². The molecule has 0 radical (unpaired) electrons. The molecule has 0 aliphatic heterocycles. The van der Waals surface area contributed by atoms with E-state index in [-0.39, 0.29) is 32.7 Å². The molecular formula is C25H33N5O2. The van der Waals surface area contributed by atoms with Gasteiger partial charge in [0.25, 0.3) is 0 Å². The number of hydrogen-bond acceptors (Lipinski definition) is 6. The minimum Gasteiger partial charge on any atom is -0.323 e. The zero-order valence-corrected chi connectivity index (χ0v) is 19.0. The third-order valence-corrected chi connectivity index (χ3v) is 5.00. The molecule has 0 bridgehead atoms. The lowest BCUT2D eigenvalue weighted by Gasteiger charge is -2.14. The molecule has 1 amide bonds. The van der Waals surface area contributed by atoms with Crippen molar-refractivity contribution in [2.75, 3.05) is 11.9 Å². The third-order valence-electron chi connectivity index (χ3n) is 5.00. The Labute approximate surface area is 191 Å². The van der Waals surface area contributed by atoms with Crippen molar-refractivity contribution >= 4 is 17.4 Å². The summed E-state index contributed by atoms with van der Waals surface area (Å²) in [7, 11) is 0. The molecule has 2 aromatic heterocycles. The molecule has 0 spiro atoms. The van der Waals surface area contributed by atoms with E-state index in [2.05, 4.69) is 44.6 Å². The van der Waals surface area contributed by atoms with Crippen molar-refractivity contribution in [1.29, 1.82) is 0 Å². The number of anilines is 1. The number of nitrogens with zero attached hydrogens (tertiary/aromatic N) is 3. The minimum atomic E-state index is -0.267. The topological polar surface area (TPSA) is 96.9 Å². The standard InChI is InChI=1S/C25H29N5O2.2H2/c1-5-18-7-6-8-19(11-18)20-12-21(24(28-13-20)25(32)16(2)3)30-23(31)15-26-14-22-27-10-9-17(4)29-22;;/h6-13,16,26H,5,14-15H2,1-4H3,(H,30,31);2*1H. The Morgan fingerprint density at radius 1 is 1.09 bits per heavy atom. The van der Waals surface area contributed by atoms with Crippen molar-refractivity contribution in [2.24, 2.45) is 5.92 Å². The Kier molecular flexibility index (Phi) is 7.78. The summed E-state index contributed by atoms with van der Waals surface area (Å²) in [6, 6.07) is 11.8. The number of aryl methyl sites for hydroxylation is 2. The van der Waals surface area contributed by atoms with Crippen LogP contribution in [-0.2, 0) is 17.8 Å². The lowest BCUT2D eigenvalue weighted by molar-refractivity contribution is -0.115. The van der Waals surface area contributed by atoms with Crippen molar-refractivity contribution in [1.82, 2.24) is 20.3 Å². The summed E-state index contributed by atoms with van der Waals surface area (Å²) in [6.07, 6.45) is 4.30. The highest BCUT2D eigenvalue weighted by Crippen LogP contribution is 2.26. The van der Waals surface area contributed by atoms with Crippen LogP contribution in [0.2, 0.25) is 0 Å². The number of carbonyl (C=O) groups is 2. The lowest BCUT2D eigenvalue weighted by atomic mass is 10.00. The highest BCUT2D eigenvalue weighted by Gasteiger charge is 2.19. The van der Waals surface area contributed by atoms with Crippen molar-refractivity contribution in [3.63, 3.8) is 0 Å². The second kappa shape index (κ2) is 10.7. The molecule has 0 atom stereocenters. The molecule has 1 aromatic carbocycles. The first kappa shape index (κ1) is 23.2. The van der Waals surface area contributed by atoms with Crippen LogP contribution in [0.5, 0.6) is 0 Å². The quantitative estimate of drug-likeness (QED) is 0.482. The molecule has 170 valence electrons. The molecule has 0 aliphatic carbocycles. The van der Waals surface area contributed by atoms with E-state index in [4.69, 9.17) is 0 Å². The number of aromatic nitrogens is 3. The number of amides is 1. The van der Waals surface area contributed by atoms with Gasteiger partial charge in [0.2, 0.25) is 5.91 Å². The molecule has 7 heteroatoms. The van der Waals surface area contributed by atoms with Gasteiger partial charge in [-0.3, -0.25) is 14.6 Å². The van der Waals surface area contributed by atoms with E-state index in [9.17, 15) is 9.59 Å². The molecule has 0 fully saturated rings. The molecule has 0 aliphatic rings. The Morgan fingerprint density at radius 3 is 2.62 bits per heavy atom. The summed E-state index contributed by atoms with van der Waals surface area (Å²) < 4.78 is 0. The van der Waals surface area contributed by atoms with Gasteiger partial charge >= 0.3 is 0 Å². The highest BCUT2D eigenvalue weighted by molar-refractivity contribution is 6.05. The maximum absolute atomic E-state index is 12.7. The van der Waals surface area contributed by atoms with E-state index in [0.29, 0.717) is 18.1 Å². The van der Waals surface area contributed by atoms with E-state index < -0.39 is 0 Å². The third kappa shape index (κ3) is 6.04. The van der Waals surface area contributed by atoms with Gasteiger partial charge in [0.1, 0.15) is 11.5 Å². The average molecular weight is 436 g/mol.